The molecular weight excluding hydrogens is 426 g/mol. The Kier molecular flexibility index (Phi) is 6.17. The highest BCUT2D eigenvalue weighted by Crippen LogP contribution is 2.43. The molecule has 0 amide bonds. The molecule has 0 bridgehead atoms. The number of aryl methyl sites for hydroxylation is 1. The molecule has 3 aromatic carbocycles. The van der Waals surface area contributed by atoms with Gasteiger partial charge in [-0.1, -0.05) is 60.7 Å². The highest BCUT2D eigenvalue weighted by molar-refractivity contribution is 7.80. The number of alkyl halides is 3. The number of hydrogen-bond acceptors (Lipinski definition) is 1. The molecule has 0 aliphatic heterocycles. The van der Waals surface area contributed by atoms with E-state index in [1.54, 1.807) is 0 Å². The molecular formula is C27H23F3NP. The quantitative estimate of drug-likeness (QED) is 0.326. The van der Waals surface area contributed by atoms with E-state index in [2.05, 4.69) is 35.3 Å². The van der Waals surface area contributed by atoms with Gasteiger partial charge in [-0.15, -0.1) is 0 Å². The van der Waals surface area contributed by atoms with E-state index in [0.29, 0.717) is 5.56 Å². The van der Waals surface area contributed by atoms with Crippen LogP contribution in [0.15, 0.2) is 85.1 Å². The highest BCUT2D eigenvalue weighted by Gasteiger charge is 2.36. The van der Waals surface area contributed by atoms with E-state index in [1.807, 2.05) is 57.2 Å². The van der Waals surface area contributed by atoms with Crippen molar-refractivity contribution in [3.63, 3.8) is 0 Å². The van der Waals surface area contributed by atoms with Crippen LogP contribution in [-0.4, -0.2) is 4.98 Å². The third kappa shape index (κ3) is 4.20. The number of benzene rings is 3. The molecule has 4 aromatic rings. The van der Waals surface area contributed by atoms with Gasteiger partial charge in [-0.3, -0.25) is 4.98 Å². The molecule has 0 N–H and O–H groups in total. The first-order chi connectivity index (χ1) is 15.3. The molecule has 5 heteroatoms. The average molecular weight is 449 g/mol. The van der Waals surface area contributed by atoms with Crippen LogP contribution in [0.5, 0.6) is 0 Å². The van der Waals surface area contributed by atoms with E-state index in [-0.39, 0.29) is 5.69 Å². The smallest absolute Gasteiger partial charge is 0.256 e. The standard InChI is InChI=1S/C27H23F3NP/c1-18-17-24(32(21-11-6-4-7-12-21)22-13-8-5-9-14-22)25(20(3)19(18)2)26-23(27(28,29)30)15-10-16-31-26/h4-17H,1-3H3. The third-order valence-corrected chi connectivity index (χ3v) is 8.22. The molecule has 0 radical (unpaired) electrons. The van der Waals surface area contributed by atoms with Crippen LogP contribution in [0.25, 0.3) is 11.3 Å². The van der Waals surface area contributed by atoms with Crippen molar-refractivity contribution in [1.82, 2.24) is 4.98 Å². The van der Waals surface area contributed by atoms with Crippen LogP contribution in [-0.2, 0) is 6.18 Å². The molecule has 0 saturated carbocycles. The number of nitrogens with zero attached hydrogens (tertiary/aromatic N) is 1. The van der Waals surface area contributed by atoms with Crippen molar-refractivity contribution in [2.24, 2.45) is 0 Å². The first-order valence-corrected chi connectivity index (χ1v) is 11.7. The van der Waals surface area contributed by atoms with Crippen molar-refractivity contribution >= 4 is 23.8 Å². The van der Waals surface area contributed by atoms with Crippen molar-refractivity contribution in [2.75, 3.05) is 0 Å². The summed E-state index contributed by atoms with van der Waals surface area (Å²) in [5, 5.41) is 3.06. The van der Waals surface area contributed by atoms with Gasteiger partial charge in [-0.2, -0.15) is 13.2 Å². The summed E-state index contributed by atoms with van der Waals surface area (Å²) in [6.07, 6.45) is -3.05. The van der Waals surface area contributed by atoms with Crippen LogP contribution in [0.2, 0.25) is 0 Å². The number of halogens is 3. The van der Waals surface area contributed by atoms with E-state index in [0.717, 1.165) is 38.7 Å². The zero-order valence-electron chi connectivity index (χ0n) is 18.1. The molecule has 1 aromatic heterocycles. The van der Waals surface area contributed by atoms with Crippen LogP contribution in [0.3, 0.4) is 0 Å². The Hall–Kier alpha value is -2.97. The summed E-state index contributed by atoms with van der Waals surface area (Å²) in [5.74, 6) is 0. The van der Waals surface area contributed by atoms with E-state index in [9.17, 15) is 13.2 Å². The van der Waals surface area contributed by atoms with Crippen LogP contribution < -0.4 is 15.9 Å². The van der Waals surface area contributed by atoms with Crippen molar-refractivity contribution in [1.29, 1.82) is 0 Å². The van der Waals surface area contributed by atoms with Gasteiger partial charge in [0.25, 0.3) is 0 Å². The molecule has 1 heterocycles. The van der Waals surface area contributed by atoms with Crippen molar-refractivity contribution in [2.45, 2.75) is 26.9 Å². The summed E-state index contributed by atoms with van der Waals surface area (Å²) in [6, 6.07) is 24.5. The molecule has 0 atom stereocenters. The molecule has 0 aliphatic carbocycles. The Morgan fingerprint density at radius 2 is 1.28 bits per heavy atom. The molecule has 0 saturated heterocycles. The fourth-order valence-corrected chi connectivity index (χ4v) is 6.57. The van der Waals surface area contributed by atoms with Gasteiger partial charge in [0.05, 0.1) is 11.3 Å². The SMILES string of the molecule is Cc1cc(P(c2ccccc2)c2ccccc2)c(-c2ncccc2C(F)(F)F)c(C)c1C. The maximum absolute atomic E-state index is 14.0. The first-order valence-electron chi connectivity index (χ1n) is 10.3. The van der Waals surface area contributed by atoms with Gasteiger partial charge in [-0.25, -0.2) is 0 Å². The van der Waals surface area contributed by atoms with Gasteiger partial charge in [0.15, 0.2) is 0 Å². The Morgan fingerprint density at radius 1 is 0.719 bits per heavy atom. The molecule has 0 fully saturated rings. The molecule has 162 valence electrons. The summed E-state index contributed by atoms with van der Waals surface area (Å²) in [4.78, 5) is 4.27. The Bertz CT molecular complexity index is 1200. The zero-order chi connectivity index (χ0) is 22.9. The van der Waals surface area contributed by atoms with Gasteiger partial charge < -0.3 is 0 Å². The van der Waals surface area contributed by atoms with Crippen molar-refractivity contribution < 1.29 is 13.2 Å². The van der Waals surface area contributed by atoms with E-state index in [1.165, 1.54) is 12.3 Å². The van der Waals surface area contributed by atoms with Crippen LogP contribution in [0.1, 0.15) is 22.3 Å². The molecule has 1 nitrogen and oxygen atoms in total. The summed E-state index contributed by atoms with van der Waals surface area (Å²) in [7, 11) is -1.09. The number of hydrogen-bond donors (Lipinski definition) is 0. The summed E-state index contributed by atoms with van der Waals surface area (Å²) < 4.78 is 42.0. The van der Waals surface area contributed by atoms with E-state index >= 15 is 0 Å². The third-order valence-electron chi connectivity index (χ3n) is 5.76. The fraction of sp³-hybridized carbons (Fsp3) is 0.148. The lowest BCUT2D eigenvalue weighted by Gasteiger charge is -2.26. The van der Waals surface area contributed by atoms with Crippen molar-refractivity contribution in [3.05, 3.63) is 107 Å². The molecule has 0 unspecified atom stereocenters. The van der Waals surface area contributed by atoms with Gasteiger partial charge in [0.2, 0.25) is 0 Å². The van der Waals surface area contributed by atoms with Gasteiger partial charge in [0.1, 0.15) is 0 Å². The monoisotopic (exact) mass is 449 g/mol. The Morgan fingerprint density at radius 3 is 1.81 bits per heavy atom. The number of aromatic nitrogens is 1. The lowest BCUT2D eigenvalue weighted by Crippen LogP contribution is -2.24. The van der Waals surface area contributed by atoms with Gasteiger partial charge >= 0.3 is 6.18 Å². The lowest BCUT2D eigenvalue weighted by molar-refractivity contribution is -0.137. The van der Waals surface area contributed by atoms with Crippen LogP contribution in [0, 0.1) is 20.8 Å². The second-order valence-electron chi connectivity index (χ2n) is 7.74. The maximum Gasteiger partial charge on any atom is 0.418 e. The second-order valence-corrected chi connectivity index (χ2v) is 9.93. The van der Waals surface area contributed by atoms with Crippen LogP contribution in [0.4, 0.5) is 13.2 Å². The average Bonchev–Trinajstić information content (AvgIpc) is 2.79. The molecule has 0 spiro atoms. The van der Waals surface area contributed by atoms with Gasteiger partial charge in [0, 0.05) is 11.8 Å². The van der Waals surface area contributed by atoms with Gasteiger partial charge in [-0.05, 0) is 79.5 Å². The Labute approximate surface area is 187 Å². The summed E-state index contributed by atoms with van der Waals surface area (Å²) in [5.41, 5.74) is 2.76. The first kappa shape index (κ1) is 22.2. The predicted octanol–water partition coefficient (Wildman–Crippen LogP) is 6.45. The number of pyridine rings is 1. The minimum absolute atomic E-state index is 0.00466. The highest BCUT2D eigenvalue weighted by atomic mass is 31.1. The zero-order valence-corrected chi connectivity index (χ0v) is 19.0. The minimum Gasteiger partial charge on any atom is -0.256 e. The fourth-order valence-electron chi connectivity index (χ4n) is 3.95. The normalized spacial score (nSPS) is 11.7. The predicted molar refractivity (Wildman–Crippen MR) is 128 cm³/mol. The largest absolute Gasteiger partial charge is 0.418 e. The summed E-state index contributed by atoms with van der Waals surface area (Å²) in [6.45, 7) is 5.88. The van der Waals surface area contributed by atoms with Crippen molar-refractivity contribution in [3.8, 4) is 11.3 Å². The van der Waals surface area contributed by atoms with Crippen LogP contribution >= 0.6 is 7.92 Å². The second kappa shape index (κ2) is 8.88. The Balaban J connectivity index is 2.10. The van der Waals surface area contributed by atoms with E-state index < -0.39 is 19.7 Å². The summed E-state index contributed by atoms with van der Waals surface area (Å²) >= 11 is 0. The molecule has 4 rings (SSSR count). The topological polar surface area (TPSA) is 12.9 Å². The number of rotatable bonds is 4. The maximum atomic E-state index is 14.0. The molecule has 32 heavy (non-hydrogen) atoms. The molecule has 0 aliphatic rings. The minimum atomic E-state index is -4.49. The lowest BCUT2D eigenvalue weighted by atomic mass is 9.94. The van der Waals surface area contributed by atoms with E-state index in [4.69, 9.17) is 0 Å².